The Hall–Kier alpha value is -0.0800. The fraction of sp³-hybridized carbons (Fsp3) is 1.00. The van der Waals surface area contributed by atoms with Crippen LogP contribution < -0.4 is 5.32 Å². The molecular weight excluding hydrogens is 186 g/mol. The first kappa shape index (κ1) is 13.0. The first-order valence-electron chi connectivity index (χ1n) is 6.66. The third-order valence-corrected chi connectivity index (χ3v) is 3.76. The van der Waals surface area contributed by atoms with Crippen molar-refractivity contribution < 1.29 is 5.11 Å². The van der Waals surface area contributed by atoms with Crippen LogP contribution in [-0.2, 0) is 0 Å². The highest BCUT2D eigenvalue weighted by Crippen LogP contribution is 2.31. The van der Waals surface area contributed by atoms with Crippen LogP contribution in [0.25, 0.3) is 0 Å². The van der Waals surface area contributed by atoms with E-state index in [4.69, 9.17) is 5.11 Å². The summed E-state index contributed by atoms with van der Waals surface area (Å²) in [4.78, 5) is 0. The topological polar surface area (TPSA) is 32.3 Å². The summed E-state index contributed by atoms with van der Waals surface area (Å²) in [5.74, 6) is 1.90. The Morgan fingerprint density at radius 3 is 2.73 bits per heavy atom. The molecule has 0 amide bonds. The number of aliphatic hydroxyl groups excluding tert-OH is 1. The monoisotopic (exact) mass is 213 g/mol. The van der Waals surface area contributed by atoms with Crippen LogP contribution in [0.5, 0.6) is 0 Å². The van der Waals surface area contributed by atoms with E-state index in [9.17, 15) is 0 Å². The largest absolute Gasteiger partial charge is 0.395 e. The summed E-state index contributed by atoms with van der Waals surface area (Å²) in [7, 11) is 0. The highest BCUT2D eigenvalue weighted by Gasteiger charge is 2.18. The lowest BCUT2D eigenvalue weighted by Crippen LogP contribution is -2.20. The molecule has 90 valence electrons. The van der Waals surface area contributed by atoms with Gasteiger partial charge < -0.3 is 10.4 Å². The van der Waals surface area contributed by atoms with Crippen LogP contribution in [-0.4, -0.2) is 24.8 Å². The lowest BCUT2D eigenvalue weighted by Gasteiger charge is -2.21. The minimum Gasteiger partial charge on any atom is -0.395 e. The lowest BCUT2D eigenvalue weighted by molar-refractivity contribution is 0.285. The van der Waals surface area contributed by atoms with Gasteiger partial charge in [0.15, 0.2) is 0 Å². The molecule has 0 aromatic heterocycles. The summed E-state index contributed by atoms with van der Waals surface area (Å²) in [6, 6.07) is 0. The molecular formula is C13H27NO. The van der Waals surface area contributed by atoms with Gasteiger partial charge in [-0.05, 0) is 31.2 Å². The Labute approximate surface area is 94.5 Å². The molecule has 2 unspecified atom stereocenters. The van der Waals surface area contributed by atoms with E-state index in [0.717, 1.165) is 24.9 Å². The van der Waals surface area contributed by atoms with E-state index in [-0.39, 0.29) is 6.61 Å². The molecule has 0 bridgehead atoms. The second-order valence-corrected chi connectivity index (χ2v) is 4.99. The zero-order chi connectivity index (χ0) is 10.9. The molecule has 1 saturated carbocycles. The van der Waals surface area contributed by atoms with Gasteiger partial charge in [0, 0.05) is 6.54 Å². The fourth-order valence-electron chi connectivity index (χ4n) is 2.69. The first-order chi connectivity index (χ1) is 7.34. The summed E-state index contributed by atoms with van der Waals surface area (Å²) < 4.78 is 0. The highest BCUT2D eigenvalue weighted by molar-refractivity contribution is 4.71. The zero-order valence-corrected chi connectivity index (χ0v) is 10.2. The highest BCUT2D eigenvalue weighted by atomic mass is 16.3. The smallest absolute Gasteiger partial charge is 0.0555 e. The number of rotatable bonds is 6. The zero-order valence-electron chi connectivity index (χ0n) is 10.2. The van der Waals surface area contributed by atoms with E-state index >= 15 is 0 Å². The standard InChI is InChI=1S/C13H27NO/c1-12-6-3-2-4-7-13(12)8-5-9-14-10-11-15/h12-15H,2-11H2,1H3. The molecule has 2 atom stereocenters. The maximum atomic E-state index is 8.63. The molecule has 0 aliphatic heterocycles. The van der Waals surface area contributed by atoms with E-state index in [1.807, 2.05) is 0 Å². The van der Waals surface area contributed by atoms with Gasteiger partial charge in [0.2, 0.25) is 0 Å². The molecule has 1 fully saturated rings. The Kier molecular flexibility index (Phi) is 7.03. The van der Waals surface area contributed by atoms with Crippen molar-refractivity contribution in [3.63, 3.8) is 0 Å². The normalized spacial score (nSPS) is 27.6. The van der Waals surface area contributed by atoms with Crippen molar-refractivity contribution in [2.75, 3.05) is 19.7 Å². The van der Waals surface area contributed by atoms with Gasteiger partial charge in [0.1, 0.15) is 0 Å². The Balaban J connectivity index is 2.07. The Morgan fingerprint density at radius 2 is 1.93 bits per heavy atom. The van der Waals surface area contributed by atoms with Crippen molar-refractivity contribution in [3.05, 3.63) is 0 Å². The van der Waals surface area contributed by atoms with E-state index < -0.39 is 0 Å². The molecule has 0 saturated heterocycles. The number of aliphatic hydroxyl groups is 1. The van der Waals surface area contributed by atoms with Crippen molar-refractivity contribution in [2.45, 2.75) is 51.9 Å². The Morgan fingerprint density at radius 1 is 1.13 bits per heavy atom. The molecule has 2 nitrogen and oxygen atoms in total. The van der Waals surface area contributed by atoms with Gasteiger partial charge in [0.05, 0.1) is 6.61 Å². The van der Waals surface area contributed by atoms with Gasteiger partial charge >= 0.3 is 0 Å². The molecule has 1 rings (SSSR count). The second-order valence-electron chi connectivity index (χ2n) is 4.99. The van der Waals surface area contributed by atoms with Crippen molar-refractivity contribution >= 4 is 0 Å². The van der Waals surface area contributed by atoms with Crippen molar-refractivity contribution in [1.29, 1.82) is 0 Å². The third-order valence-electron chi connectivity index (χ3n) is 3.76. The first-order valence-corrected chi connectivity index (χ1v) is 6.66. The summed E-state index contributed by atoms with van der Waals surface area (Å²) in [5, 5.41) is 11.9. The van der Waals surface area contributed by atoms with E-state index in [1.165, 1.54) is 44.9 Å². The quantitative estimate of drug-likeness (QED) is 0.525. The fourth-order valence-corrected chi connectivity index (χ4v) is 2.69. The predicted octanol–water partition coefficient (Wildman–Crippen LogP) is 2.56. The van der Waals surface area contributed by atoms with E-state index in [1.54, 1.807) is 0 Å². The van der Waals surface area contributed by atoms with Crippen LogP contribution in [0.1, 0.15) is 51.9 Å². The van der Waals surface area contributed by atoms with Gasteiger partial charge in [-0.3, -0.25) is 0 Å². The minimum absolute atomic E-state index is 0.264. The maximum absolute atomic E-state index is 8.63. The van der Waals surface area contributed by atoms with Gasteiger partial charge in [-0.2, -0.15) is 0 Å². The van der Waals surface area contributed by atoms with Crippen molar-refractivity contribution in [1.82, 2.24) is 5.32 Å². The minimum atomic E-state index is 0.264. The summed E-state index contributed by atoms with van der Waals surface area (Å²) in [6.07, 6.45) is 9.87. The third kappa shape index (κ3) is 5.53. The molecule has 0 heterocycles. The maximum Gasteiger partial charge on any atom is 0.0555 e. The number of hydrogen-bond donors (Lipinski definition) is 2. The van der Waals surface area contributed by atoms with Gasteiger partial charge in [0.25, 0.3) is 0 Å². The van der Waals surface area contributed by atoms with Crippen LogP contribution >= 0.6 is 0 Å². The van der Waals surface area contributed by atoms with Crippen LogP contribution in [0.4, 0.5) is 0 Å². The molecule has 0 aromatic rings. The van der Waals surface area contributed by atoms with Crippen LogP contribution in [0.15, 0.2) is 0 Å². The van der Waals surface area contributed by atoms with Gasteiger partial charge in [-0.15, -0.1) is 0 Å². The Bertz CT molecular complexity index is 149. The molecule has 1 aliphatic carbocycles. The molecule has 2 N–H and O–H groups in total. The van der Waals surface area contributed by atoms with Gasteiger partial charge in [-0.25, -0.2) is 0 Å². The molecule has 0 radical (unpaired) electrons. The lowest BCUT2D eigenvalue weighted by atomic mass is 9.86. The van der Waals surface area contributed by atoms with Crippen molar-refractivity contribution in [2.24, 2.45) is 11.8 Å². The summed E-state index contributed by atoms with van der Waals surface area (Å²) in [5.41, 5.74) is 0. The van der Waals surface area contributed by atoms with Crippen LogP contribution in [0, 0.1) is 11.8 Å². The molecule has 0 spiro atoms. The predicted molar refractivity (Wildman–Crippen MR) is 64.9 cm³/mol. The molecule has 1 aliphatic rings. The second kappa shape index (κ2) is 8.12. The number of nitrogens with one attached hydrogen (secondary N) is 1. The average molecular weight is 213 g/mol. The molecule has 15 heavy (non-hydrogen) atoms. The molecule has 2 heteroatoms. The van der Waals surface area contributed by atoms with Gasteiger partial charge in [-0.1, -0.05) is 39.0 Å². The van der Waals surface area contributed by atoms with E-state index in [0.29, 0.717) is 0 Å². The average Bonchev–Trinajstić information content (AvgIpc) is 2.44. The summed E-state index contributed by atoms with van der Waals surface area (Å²) in [6.45, 7) is 4.51. The SMILES string of the molecule is CC1CCCCCC1CCCNCCO. The van der Waals surface area contributed by atoms with Crippen molar-refractivity contribution in [3.8, 4) is 0 Å². The molecule has 0 aromatic carbocycles. The van der Waals surface area contributed by atoms with Crippen LogP contribution in [0.3, 0.4) is 0 Å². The van der Waals surface area contributed by atoms with Crippen LogP contribution in [0.2, 0.25) is 0 Å². The number of hydrogen-bond acceptors (Lipinski definition) is 2. The van der Waals surface area contributed by atoms with E-state index in [2.05, 4.69) is 12.2 Å². The summed E-state index contributed by atoms with van der Waals surface area (Å²) >= 11 is 0.